The van der Waals surface area contributed by atoms with Gasteiger partial charge in [-0.2, -0.15) is 0 Å². The monoisotopic (exact) mass is 182 g/mol. The molecule has 1 rings (SSSR count). The number of rotatable bonds is 3. The van der Waals surface area contributed by atoms with Crippen molar-refractivity contribution in [2.75, 3.05) is 6.26 Å². The maximum Gasteiger partial charge on any atom is 0.113 e. The smallest absolute Gasteiger partial charge is 0.113 e. The van der Waals surface area contributed by atoms with Gasteiger partial charge in [0.25, 0.3) is 0 Å². The number of hydrogen-bond acceptors (Lipinski definition) is 3. The van der Waals surface area contributed by atoms with Crippen LogP contribution in [0.15, 0.2) is 34.2 Å². The molecule has 64 valence electrons. The Bertz CT molecular complexity index is 276. The predicted octanol–water partition coefficient (Wildman–Crippen LogP) is 2.05. The van der Waals surface area contributed by atoms with E-state index in [1.54, 1.807) is 11.8 Å². The van der Waals surface area contributed by atoms with Crippen LogP contribution in [0.25, 0.3) is 0 Å². The van der Waals surface area contributed by atoms with Crippen LogP contribution in [0.1, 0.15) is 0 Å². The summed E-state index contributed by atoms with van der Waals surface area (Å²) in [6, 6.07) is 7.73. The molecular formula is C8H10N2OS. The molecule has 12 heavy (non-hydrogen) atoms. The van der Waals surface area contributed by atoms with Crippen LogP contribution in [0.4, 0.5) is 5.69 Å². The van der Waals surface area contributed by atoms with E-state index in [1.165, 1.54) is 6.34 Å². The summed E-state index contributed by atoms with van der Waals surface area (Å²) in [6.07, 6.45) is 3.23. The molecule has 1 aromatic rings. The van der Waals surface area contributed by atoms with Crippen molar-refractivity contribution in [1.82, 2.24) is 5.48 Å². The molecule has 0 amide bonds. The third-order valence-corrected chi connectivity index (χ3v) is 2.13. The Kier molecular flexibility index (Phi) is 3.63. The van der Waals surface area contributed by atoms with E-state index < -0.39 is 0 Å². The summed E-state index contributed by atoms with van der Waals surface area (Å²) in [4.78, 5) is 5.08. The fraction of sp³-hybridized carbons (Fsp3) is 0.125. The van der Waals surface area contributed by atoms with Gasteiger partial charge in [0.1, 0.15) is 6.34 Å². The zero-order chi connectivity index (χ0) is 8.81. The fourth-order valence-corrected chi connectivity index (χ4v) is 1.38. The van der Waals surface area contributed by atoms with Gasteiger partial charge < -0.3 is 0 Å². The fourth-order valence-electron chi connectivity index (χ4n) is 0.835. The van der Waals surface area contributed by atoms with Gasteiger partial charge in [0.05, 0.1) is 5.69 Å². The molecule has 2 N–H and O–H groups in total. The van der Waals surface area contributed by atoms with Gasteiger partial charge in [-0.05, 0) is 18.4 Å². The summed E-state index contributed by atoms with van der Waals surface area (Å²) in [5.74, 6) is 0. The third-order valence-electron chi connectivity index (χ3n) is 1.35. The number of nitrogens with zero attached hydrogens (tertiary/aromatic N) is 1. The third kappa shape index (κ3) is 2.25. The number of para-hydroxylation sites is 1. The van der Waals surface area contributed by atoms with Crippen molar-refractivity contribution in [3.05, 3.63) is 24.3 Å². The van der Waals surface area contributed by atoms with Crippen molar-refractivity contribution in [2.24, 2.45) is 4.99 Å². The second-order valence-electron chi connectivity index (χ2n) is 2.06. The molecular weight excluding hydrogens is 172 g/mol. The summed E-state index contributed by atoms with van der Waals surface area (Å²) < 4.78 is 0. The van der Waals surface area contributed by atoms with Gasteiger partial charge >= 0.3 is 0 Å². The normalized spacial score (nSPS) is 10.5. The highest BCUT2D eigenvalue weighted by Gasteiger charge is 1.95. The second-order valence-corrected chi connectivity index (χ2v) is 2.91. The molecule has 0 fully saturated rings. The lowest BCUT2D eigenvalue weighted by Gasteiger charge is -1.99. The van der Waals surface area contributed by atoms with Crippen LogP contribution in [0.3, 0.4) is 0 Å². The maximum absolute atomic E-state index is 8.29. The van der Waals surface area contributed by atoms with Crippen molar-refractivity contribution < 1.29 is 5.21 Å². The molecule has 0 radical (unpaired) electrons. The maximum atomic E-state index is 8.29. The number of benzene rings is 1. The lowest BCUT2D eigenvalue weighted by atomic mass is 10.3. The van der Waals surface area contributed by atoms with Crippen molar-refractivity contribution in [2.45, 2.75) is 4.90 Å². The molecule has 0 heterocycles. The van der Waals surface area contributed by atoms with Gasteiger partial charge in [-0.1, -0.05) is 12.1 Å². The standard InChI is InChI=1S/C8H10N2OS/c1-12-8-5-3-2-4-7(8)9-6-10-11/h2-6,11H,1H3,(H,9,10). The Labute approximate surface area is 75.5 Å². The Morgan fingerprint density at radius 2 is 2.25 bits per heavy atom. The first-order valence-electron chi connectivity index (χ1n) is 3.43. The Balaban J connectivity index is 2.89. The Hall–Kier alpha value is -1.00. The lowest BCUT2D eigenvalue weighted by Crippen LogP contribution is -2.00. The quantitative estimate of drug-likeness (QED) is 0.325. The molecule has 0 unspecified atom stereocenters. The van der Waals surface area contributed by atoms with E-state index in [-0.39, 0.29) is 0 Å². The van der Waals surface area contributed by atoms with Crippen LogP contribution < -0.4 is 5.48 Å². The summed E-state index contributed by atoms with van der Waals surface area (Å²) >= 11 is 1.62. The first-order chi connectivity index (χ1) is 5.88. The molecule has 1 aromatic carbocycles. The second kappa shape index (κ2) is 4.79. The largest absolute Gasteiger partial charge is 0.290 e. The molecule has 0 aliphatic carbocycles. The van der Waals surface area contributed by atoms with Gasteiger partial charge in [-0.3, -0.25) is 10.7 Å². The highest BCUT2D eigenvalue weighted by atomic mass is 32.2. The van der Waals surface area contributed by atoms with Crippen molar-refractivity contribution >= 4 is 23.8 Å². The molecule has 0 atom stereocenters. The number of hydrogen-bond donors (Lipinski definition) is 2. The lowest BCUT2D eigenvalue weighted by molar-refractivity contribution is 0.240. The van der Waals surface area contributed by atoms with E-state index in [9.17, 15) is 0 Å². The Morgan fingerprint density at radius 3 is 2.92 bits per heavy atom. The number of thioether (sulfide) groups is 1. The minimum atomic E-state index is 0.853. The molecule has 0 saturated heterocycles. The van der Waals surface area contributed by atoms with Gasteiger partial charge in [0.2, 0.25) is 0 Å². The van der Waals surface area contributed by atoms with Gasteiger partial charge in [-0.15, -0.1) is 11.8 Å². The van der Waals surface area contributed by atoms with E-state index in [0.717, 1.165) is 10.6 Å². The van der Waals surface area contributed by atoms with E-state index in [0.29, 0.717) is 0 Å². The molecule has 3 nitrogen and oxygen atoms in total. The summed E-state index contributed by atoms with van der Waals surface area (Å²) in [6.45, 7) is 0. The molecule has 0 aromatic heterocycles. The minimum absolute atomic E-state index is 0.853. The van der Waals surface area contributed by atoms with Crippen LogP contribution in [-0.4, -0.2) is 17.8 Å². The highest BCUT2D eigenvalue weighted by molar-refractivity contribution is 7.98. The molecule has 4 heteroatoms. The average molecular weight is 182 g/mol. The van der Waals surface area contributed by atoms with E-state index >= 15 is 0 Å². The van der Waals surface area contributed by atoms with Gasteiger partial charge in [-0.25, -0.2) is 4.99 Å². The van der Waals surface area contributed by atoms with Crippen LogP contribution in [-0.2, 0) is 0 Å². The minimum Gasteiger partial charge on any atom is -0.290 e. The number of nitrogens with one attached hydrogen (secondary N) is 1. The molecule has 0 bridgehead atoms. The summed E-state index contributed by atoms with van der Waals surface area (Å²) in [5, 5.41) is 8.29. The van der Waals surface area contributed by atoms with Crippen LogP contribution in [0.5, 0.6) is 0 Å². The molecule has 0 spiro atoms. The Morgan fingerprint density at radius 1 is 1.50 bits per heavy atom. The first kappa shape index (κ1) is 9.09. The molecule has 0 aliphatic heterocycles. The van der Waals surface area contributed by atoms with E-state index in [2.05, 4.69) is 4.99 Å². The van der Waals surface area contributed by atoms with Crippen LogP contribution in [0, 0.1) is 0 Å². The van der Waals surface area contributed by atoms with Crippen molar-refractivity contribution in [3.8, 4) is 0 Å². The van der Waals surface area contributed by atoms with Crippen LogP contribution in [0.2, 0.25) is 0 Å². The highest BCUT2D eigenvalue weighted by Crippen LogP contribution is 2.26. The van der Waals surface area contributed by atoms with Crippen molar-refractivity contribution in [1.29, 1.82) is 0 Å². The average Bonchev–Trinajstić information content (AvgIpc) is 2.15. The zero-order valence-corrected chi connectivity index (χ0v) is 7.51. The van der Waals surface area contributed by atoms with E-state index in [1.807, 2.05) is 36.0 Å². The summed E-state index contributed by atoms with van der Waals surface area (Å²) in [7, 11) is 0. The number of aliphatic imine (C=N–C) groups is 1. The topological polar surface area (TPSA) is 44.6 Å². The molecule has 0 aliphatic rings. The first-order valence-corrected chi connectivity index (χ1v) is 4.66. The zero-order valence-electron chi connectivity index (χ0n) is 6.69. The molecule has 0 saturated carbocycles. The van der Waals surface area contributed by atoms with E-state index in [4.69, 9.17) is 5.21 Å². The van der Waals surface area contributed by atoms with Gasteiger partial charge in [0.15, 0.2) is 0 Å². The SMILES string of the molecule is CSc1ccccc1N=CNO. The predicted molar refractivity (Wildman–Crippen MR) is 51.3 cm³/mol. The summed E-state index contributed by atoms with van der Waals surface area (Å²) in [5.41, 5.74) is 2.72. The van der Waals surface area contributed by atoms with Gasteiger partial charge in [0, 0.05) is 4.90 Å². The number of hydroxylamine groups is 1. The van der Waals surface area contributed by atoms with Crippen molar-refractivity contribution in [3.63, 3.8) is 0 Å². The van der Waals surface area contributed by atoms with Crippen LogP contribution >= 0.6 is 11.8 Å².